The second kappa shape index (κ2) is 8.41. The molecule has 0 heterocycles. The highest BCUT2D eigenvalue weighted by molar-refractivity contribution is 5.79. The lowest BCUT2D eigenvalue weighted by Gasteiger charge is -2.19. The van der Waals surface area contributed by atoms with Gasteiger partial charge >= 0.3 is 12.1 Å². The monoisotopic (exact) mass is 401 g/mol. The number of nitrogens with one attached hydrogen (secondary N) is 1. The molecule has 0 fully saturated rings. The van der Waals surface area contributed by atoms with Crippen molar-refractivity contribution in [2.24, 2.45) is 0 Å². The normalized spacial score (nSPS) is 13.2. The van der Waals surface area contributed by atoms with E-state index in [1.807, 2.05) is 55.5 Å². The average molecular weight is 401 g/mol. The number of hydrogen-bond acceptors (Lipinski definition) is 3. The minimum atomic E-state index is -0.987. The summed E-state index contributed by atoms with van der Waals surface area (Å²) in [5.41, 5.74) is 6.38. The highest BCUT2D eigenvalue weighted by Crippen LogP contribution is 2.44. The standard InChI is InChI=1S/C25H23NO4/c1-16-10-12-17(13-11-16)23(14-24(27)28)26-25(29)30-15-22-20-8-4-2-6-18(20)19-7-3-5-9-21(19)22/h2-13,22-23H,14-15H2,1H3,(H,26,29)(H,27,28)/t23-/m1/s1. The van der Waals surface area contributed by atoms with Crippen LogP contribution in [0.5, 0.6) is 0 Å². The van der Waals surface area contributed by atoms with E-state index in [4.69, 9.17) is 4.74 Å². The molecule has 0 bridgehead atoms. The zero-order valence-electron chi connectivity index (χ0n) is 16.7. The van der Waals surface area contributed by atoms with Gasteiger partial charge in [0.05, 0.1) is 12.5 Å². The summed E-state index contributed by atoms with van der Waals surface area (Å²) in [6, 6.07) is 23.0. The SMILES string of the molecule is Cc1ccc([C@@H](CC(=O)O)NC(=O)OCC2c3ccccc3-c3ccccc32)cc1. The van der Waals surface area contributed by atoms with Crippen molar-refractivity contribution >= 4 is 12.1 Å². The molecule has 2 N–H and O–H groups in total. The Balaban J connectivity index is 1.47. The number of hydrogen-bond donors (Lipinski definition) is 2. The zero-order valence-corrected chi connectivity index (χ0v) is 16.7. The van der Waals surface area contributed by atoms with E-state index < -0.39 is 18.1 Å². The first-order chi connectivity index (χ1) is 14.5. The maximum absolute atomic E-state index is 12.5. The third-order valence-corrected chi connectivity index (χ3v) is 5.49. The van der Waals surface area contributed by atoms with Gasteiger partial charge in [0, 0.05) is 5.92 Å². The molecule has 1 atom stereocenters. The Morgan fingerprint density at radius 3 is 2.07 bits per heavy atom. The number of benzene rings is 3. The molecule has 152 valence electrons. The van der Waals surface area contributed by atoms with Crippen LogP contribution in [0.1, 0.15) is 40.6 Å². The Labute approximate surface area is 175 Å². The predicted octanol–water partition coefficient (Wildman–Crippen LogP) is 5.05. The van der Waals surface area contributed by atoms with E-state index >= 15 is 0 Å². The molecule has 1 aliphatic carbocycles. The van der Waals surface area contributed by atoms with Crippen molar-refractivity contribution in [3.8, 4) is 11.1 Å². The molecule has 1 amide bonds. The van der Waals surface area contributed by atoms with Gasteiger partial charge in [0.15, 0.2) is 0 Å². The Bertz CT molecular complexity index is 1030. The van der Waals surface area contributed by atoms with Gasteiger partial charge in [-0.2, -0.15) is 0 Å². The van der Waals surface area contributed by atoms with E-state index in [2.05, 4.69) is 29.6 Å². The molecule has 0 spiro atoms. The van der Waals surface area contributed by atoms with Crippen molar-refractivity contribution in [1.82, 2.24) is 5.32 Å². The van der Waals surface area contributed by atoms with Gasteiger partial charge in [0.2, 0.25) is 0 Å². The van der Waals surface area contributed by atoms with Gasteiger partial charge in [-0.1, -0.05) is 78.4 Å². The van der Waals surface area contributed by atoms with Gasteiger partial charge < -0.3 is 15.2 Å². The number of carbonyl (C=O) groups is 2. The summed E-state index contributed by atoms with van der Waals surface area (Å²) >= 11 is 0. The fourth-order valence-corrected chi connectivity index (χ4v) is 4.01. The summed E-state index contributed by atoms with van der Waals surface area (Å²) in [7, 11) is 0. The van der Waals surface area contributed by atoms with E-state index in [1.165, 1.54) is 0 Å². The fourth-order valence-electron chi connectivity index (χ4n) is 4.01. The van der Waals surface area contributed by atoms with Crippen LogP contribution in [0, 0.1) is 6.92 Å². The molecule has 0 saturated heterocycles. The van der Waals surface area contributed by atoms with Crippen LogP contribution >= 0.6 is 0 Å². The third kappa shape index (κ3) is 4.06. The summed E-state index contributed by atoms with van der Waals surface area (Å²) in [5, 5.41) is 12.0. The van der Waals surface area contributed by atoms with Crippen LogP contribution in [0.3, 0.4) is 0 Å². The van der Waals surface area contributed by atoms with E-state index in [-0.39, 0.29) is 18.9 Å². The lowest BCUT2D eigenvalue weighted by Crippen LogP contribution is -2.31. The summed E-state index contributed by atoms with van der Waals surface area (Å²) < 4.78 is 5.55. The number of alkyl carbamates (subject to hydrolysis) is 1. The number of carboxylic acid groups (broad SMARTS) is 1. The van der Waals surface area contributed by atoms with Gasteiger partial charge in [-0.15, -0.1) is 0 Å². The van der Waals surface area contributed by atoms with Crippen LogP contribution in [-0.4, -0.2) is 23.8 Å². The molecular formula is C25H23NO4. The maximum atomic E-state index is 12.5. The Hall–Kier alpha value is -3.60. The molecule has 5 heteroatoms. The molecule has 30 heavy (non-hydrogen) atoms. The predicted molar refractivity (Wildman–Crippen MR) is 114 cm³/mol. The molecule has 0 saturated carbocycles. The first-order valence-corrected chi connectivity index (χ1v) is 9.93. The van der Waals surface area contributed by atoms with Crippen LogP contribution in [0.15, 0.2) is 72.8 Å². The number of carbonyl (C=O) groups excluding carboxylic acids is 1. The molecular weight excluding hydrogens is 378 g/mol. The summed E-state index contributed by atoms with van der Waals surface area (Å²) in [6.45, 7) is 2.14. The van der Waals surface area contributed by atoms with Gasteiger partial charge in [-0.3, -0.25) is 4.79 Å². The van der Waals surface area contributed by atoms with Crippen LogP contribution in [0.2, 0.25) is 0 Å². The summed E-state index contributed by atoms with van der Waals surface area (Å²) in [4.78, 5) is 23.8. The van der Waals surface area contributed by atoms with Gasteiger partial charge in [0.25, 0.3) is 0 Å². The molecule has 3 aromatic carbocycles. The van der Waals surface area contributed by atoms with Crippen molar-refractivity contribution in [3.63, 3.8) is 0 Å². The Morgan fingerprint density at radius 1 is 0.933 bits per heavy atom. The van der Waals surface area contributed by atoms with Crippen molar-refractivity contribution in [3.05, 3.63) is 95.1 Å². The van der Waals surface area contributed by atoms with Crippen molar-refractivity contribution in [2.75, 3.05) is 6.61 Å². The number of rotatable bonds is 6. The zero-order chi connectivity index (χ0) is 21.1. The average Bonchev–Trinajstić information content (AvgIpc) is 3.06. The van der Waals surface area contributed by atoms with Crippen LogP contribution in [-0.2, 0) is 9.53 Å². The lowest BCUT2D eigenvalue weighted by molar-refractivity contribution is -0.137. The third-order valence-electron chi connectivity index (χ3n) is 5.49. The highest BCUT2D eigenvalue weighted by atomic mass is 16.5. The first-order valence-electron chi connectivity index (χ1n) is 9.93. The van der Waals surface area contributed by atoms with Gasteiger partial charge in [-0.25, -0.2) is 4.79 Å². The number of fused-ring (bicyclic) bond motifs is 3. The molecule has 1 aliphatic rings. The van der Waals surface area contributed by atoms with Crippen molar-refractivity contribution in [1.29, 1.82) is 0 Å². The number of carboxylic acids is 1. The highest BCUT2D eigenvalue weighted by Gasteiger charge is 2.29. The summed E-state index contributed by atoms with van der Waals surface area (Å²) in [5.74, 6) is -1.03. The van der Waals surface area contributed by atoms with E-state index in [1.54, 1.807) is 0 Å². The van der Waals surface area contributed by atoms with Crippen LogP contribution in [0.25, 0.3) is 11.1 Å². The Kier molecular flexibility index (Phi) is 5.53. The maximum Gasteiger partial charge on any atom is 0.407 e. The lowest BCUT2D eigenvalue weighted by atomic mass is 9.98. The molecule has 0 unspecified atom stereocenters. The topological polar surface area (TPSA) is 75.6 Å². The molecule has 3 aromatic rings. The quantitative estimate of drug-likeness (QED) is 0.606. The van der Waals surface area contributed by atoms with E-state index in [0.717, 1.165) is 33.4 Å². The number of aliphatic carboxylic acids is 1. The minimum absolute atomic E-state index is 0.0413. The van der Waals surface area contributed by atoms with E-state index in [9.17, 15) is 14.7 Å². The second-order valence-electron chi connectivity index (χ2n) is 7.53. The number of ether oxygens (including phenoxy) is 1. The smallest absolute Gasteiger partial charge is 0.407 e. The van der Waals surface area contributed by atoms with Crippen LogP contribution < -0.4 is 5.32 Å². The van der Waals surface area contributed by atoms with Gasteiger partial charge in [-0.05, 0) is 34.7 Å². The van der Waals surface area contributed by atoms with E-state index in [0.29, 0.717) is 0 Å². The largest absolute Gasteiger partial charge is 0.481 e. The number of aryl methyl sites for hydroxylation is 1. The Morgan fingerprint density at radius 2 is 1.50 bits per heavy atom. The molecule has 0 radical (unpaired) electrons. The van der Waals surface area contributed by atoms with Crippen molar-refractivity contribution < 1.29 is 19.4 Å². The number of amides is 1. The fraction of sp³-hybridized carbons (Fsp3) is 0.200. The minimum Gasteiger partial charge on any atom is -0.481 e. The van der Waals surface area contributed by atoms with Gasteiger partial charge in [0.1, 0.15) is 6.61 Å². The van der Waals surface area contributed by atoms with Crippen LogP contribution in [0.4, 0.5) is 4.79 Å². The van der Waals surface area contributed by atoms with Crippen molar-refractivity contribution in [2.45, 2.75) is 25.3 Å². The molecule has 5 nitrogen and oxygen atoms in total. The molecule has 4 rings (SSSR count). The molecule has 0 aromatic heterocycles. The summed E-state index contributed by atoms with van der Waals surface area (Å²) in [6.07, 6.45) is -0.837. The first kappa shape index (κ1) is 19.7. The second-order valence-corrected chi connectivity index (χ2v) is 7.53. The molecule has 0 aliphatic heterocycles.